The molecule has 2 aromatic heterocycles. The first-order valence-corrected chi connectivity index (χ1v) is 10.4. The van der Waals surface area contributed by atoms with Gasteiger partial charge in [0.15, 0.2) is 6.61 Å². The molecule has 4 rings (SSSR count). The fourth-order valence-electron chi connectivity index (χ4n) is 3.76. The maximum absolute atomic E-state index is 12.7. The number of nitrogens with zero attached hydrogens (tertiary/aromatic N) is 1. The third-order valence-electron chi connectivity index (χ3n) is 5.30. The molecule has 0 bridgehead atoms. The van der Waals surface area contributed by atoms with Crippen LogP contribution in [0.2, 0.25) is 0 Å². The Labute approximate surface area is 186 Å². The van der Waals surface area contributed by atoms with Gasteiger partial charge in [-0.3, -0.25) is 14.6 Å². The second-order valence-corrected chi connectivity index (χ2v) is 7.58. The molecule has 32 heavy (non-hydrogen) atoms. The van der Waals surface area contributed by atoms with Gasteiger partial charge in [-0.1, -0.05) is 48.5 Å². The monoisotopic (exact) mass is 428 g/mol. The number of amides is 1. The number of furan rings is 1. The van der Waals surface area contributed by atoms with E-state index in [9.17, 15) is 9.59 Å². The van der Waals surface area contributed by atoms with E-state index in [2.05, 4.69) is 10.3 Å². The molecule has 4 aromatic rings. The van der Waals surface area contributed by atoms with Crippen LogP contribution in [0.25, 0.3) is 22.0 Å². The number of hydrogen-bond acceptors (Lipinski definition) is 5. The van der Waals surface area contributed by atoms with Crippen LogP contribution in [0.3, 0.4) is 0 Å². The summed E-state index contributed by atoms with van der Waals surface area (Å²) in [4.78, 5) is 29.5. The summed E-state index contributed by atoms with van der Waals surface area (Å²) in [6.45, 7) is 3.33. The number of esters is 1. The number of hydrogen-bond donors (Lipinski definition) is 1. The van der Waals surface area contributed by atoms with Gasteiger partial charge in [-0.2, -0.15) is 0 Å². The summed E-state index contributed by atoms with van der Waals surface area (Å²) in [7, 11) is 0. The molecule has 0 spiro atoms. The fraction of sp³-hybridized carbons (Fsp3) is 0.192. The van der Waals surface area contributed by atoms with E-state index < -0.39 is 5.97 Å². The van der Waals surface area contributed by atoms with E-state index >= 15 is 0 Å². The topological polar surface area (TPSA) is 81.4 Å². The molecule has 0 radical (unpaired) electrons. The zero-order chi connectivity index (χ0) is 22.5. The van der Waals surface area contributed by atoms with E-state index in [-0.39, 0.29) is 25.0 Å². The van der Waals surface area contributed by atoms with Crippen molar-refractivity contribution in [2.75, 3.05) is 6.61 Å². The van der Waals surface area contributed by atoms with Gasteiger partial charge >= 0.3 is 5.97 Å². The van der Waals surface area contributed by atoms with E-state index in [0.29, 0.717) is 5.76 Å². The zero-order valence-corrected chi connectivity index (χ0v) is 18.0. The predicted molar refractivity (Wildman–Crippen MR) is 122 cm³/mol. The van der Waals surface area contributed by atoms with Crippen LogP contribution in [-0.4, -0.2) is 23.5 Å². The maximum atomic E-state index is 12.7. The summed E-state index contributed by atoms with van der Waals surface area (Å²) in [5, 5.41) is 3.72. The molecule has 0 saturated carbocycles. The molecule has 6 nitrogen and oxygen atoms in total. The first-order chi connectivity index (χ1) is 15.5. The number of ether oxygens (including phenoxy) is 1. The average Bonchev–Trinajstić information content (AvgIpc) is 3.34. The number of carbonyl (C=O) groups is 2. The van der Waals surface area contributed by atoms with Crippen molar-refractivity contribution in [3.05, 3.63) is 90.0 Å². The van der Waals surface area contributed by atoms with Gasteiger partial charge in [0.1, 0.15) is 5.76 Å². The van der Waals surface area contributed by atoms with E-state index in [0.717, 1.165) is 33.3 Å². The van der Waals surface area contributed by atoms with Gasteiger partial charge in [0.2, 0.25) is 0 Å². The van der Waals surface area contributed by atoms with Crippen LogP contribution in [0.4, 0.5) is 0 Å². The molecule has 0 aliphatic rings. The van der Waals surface area contributed by atoms with Crippen molar-refractivity contribution in [3.8, 4) is 11.1 Å². The standard InChI is InChI=1S/C26H24N2O4/c1-17-21(15-25(30)32-16-24(29)28-18(2)23-13-8-14-31-23)26(19-9-4-3-5-10-19)20-11-6-7-12-22(20)27-17/h3-14,18H,15-16H2,1-2H3,(H,28,29). The first-order valence-electron chi connectivity index (χ1n) is 10.4. The molecule has 2 heterocycles. The Morgan fingerprint density at radius 3 is 2.53 bits per heavy atom. The number of aromatic nitrogens is 1. The zero-order valence-electron chi connectivity index (χ0n) is 18.0. The highest BCUT2D eigenvalue weighted by molar-refractivity contribution is 5.98. The highest BCUT2D eigenvalue weighted by Crippen LogP contribution is 2.33. The molecule has 6 heteroatoms. The van der Waals surface area contributed by atoms with E-state index in [4.69, 9.17) is 9.15 Å². The lowest BCUT2D eigenvalue weighted by Crippen LogP contribution is -2.31. The molecular formula is C26H24N2O4. The maximum Gasteiger partial charge on any atom is 0.310 e. The fourth-order valence-corrected chi connectivity index (χ4v) is 3.76. The molecular weight excluding hydrogens is 404 g/mol. The number of rotatable bonds is 7. The Morgan fingerprint density at radius 2 is 1.78 bits per heavy atom. The molecule has 0 aliphatic heterocycles. The Balaban J connectivity index is 1.52. The van der Waals surface area contributed by atoms with Crippen molar-refractivity contribution in [2.24, 2.45) is 0 Å². The van der Waals surface area contributed by atoms with Gasteiger partial charge in [0.05, 0.1) is 24.2 Å². The van der Waals surface area contributed by atoms with Crippen molar-refractivity contribution in [1.29, 1.82) is 0 Å². The Kier molecular flexibility index (Phi) is 6.31. The lowest BCUT2D eigenvalue weighted by atomic mass is 9.93. The largest absolute Gasteiger partial charge is 0.467 e. The molecule has 0 fully saturated rings. The lowest BCUT2D eigenvalue weighted by molar-refractivity contribution is -0.148. The van der Waals surface area contributed by atoms with Crippen LogP contribution in [-0.2, 0) is 20.7 Å². The Bertz CT molecular complexity index is 1230. The number of pyridine rings is 1. The number of fused-ring (bicyclic) bond motifs is 1. The second-order valence-electron chi connectivity index (χ2n) is 7.58. The lowest BCUT2D eigenvalue weighted by Gasteiger charge is -2.16. The van der Waals surface area contributed by atoms with Gasteiger partial charge in [0.25, 0.3) is 5.91 Å². The minimum Gasteiger partial charge on any atom is -0.467 e. The van der Waals surface area contributed by atoms with Crippen molar-refractivity contribution >= 4 is 22.8 Å². The van der Waals surface area contributed by atoms with Gasteiger partial charge < -0.3 is 14.5 Å². The molecule has 2 aromatic carbocycles. The van der Waals surface area contributed by atoms with Crippen molar-refractivity contribution in [3.63, 3.8) is 0 Å². The molecule has 1 atom stereocenters. The summed E-state index contributed by atoms with van der Waals surface area (Å²) in [6, 6.07) is 21.0. The molecule has 1 N–H and O–H groups in total. The smallest absolute Gasteiger partial charge is 0.310 e. The Morgan fingerprint density at radius 1 is 1.03 bits per heavy atom. The number of aryl methyl sites for hydroxylation is 1. The predicted octanol–water partition coefficient (Wildman–Crippen LogP) is 4.77. The summed E-state index contributed by atoms with van der Waals surface area (Å²) in [6.07, 6.45) is 1.57. The molecule has 0 saturated heterocycles. The second kappa shape index (κ2) is 9.47. The summed E-state index contributed by atoms with van der Waals surface area (Å²) >= 11 is 0. The van der Waals surface area contributed by atoms with E-state index in [1.807, 2.05) is 61.5 Å². The molecule has 1 amide bonds. The van der Waals surface area contributed by atoms with Crippen molar-refractivity contribution < 1.29 is 18.7 Å². The Hall–Kier alpha value is -3.93. The molecule has 0 aliphatic carbocycles. The number of benzene rings is 2. The highest BCUT2D eigenvalue weighted by atomic mass is 16.5. The molecule has 1 unspecified atom stereocenters. The van der Waals surface area contributed by atoms with E-state index in [1.54, 1.807) is 25.3 Å². The molecule has 162 valence electrons. The van der Waals surface area contributed by atoms with Gasteiger partial charge in [-0.15, -0.1) is 0 Å². The highest BCUT2D eigenvalue weighted by Gasteiger charge is 2.19. The average molecular weight is 428 g/mol. The first kappa shape index (κ1) is 21.3. The van der Waals surface area contributed by atoms with Crippen LogP contribution < -0.4 is 5.32 Å². The van der Waals surface area contributed by atoms with Crippen molar-refractivity contribution in [1.82, 2.24) is 10.3 Å². The third kappa shape index (κ3) is 4.70. The number of carbonyl (C=O) groups excluding carboxylic acids is 2. The van der Waals surface area contributed by atoms with Gasteiger partial charge in [-0.05, 0) is 48.7 Å². The van der Waals surface area contributed by atoms with Crippen LogP contribution in [0.15, 0.2) is 77.4 Å². The van der Waals surface area contributed by atoms with Crippen LogP contribution in [0.5, 0.6) is 0 Å². The number of para-hydroxylation sites is 1. The summed E-state index contributed by atoms with van der Waals surface area (Å²) < 4.78 is 10.5. The SMILES string of the molecule is Cc1nc2ccccc2c(-c2ccccc2)c1CC(=O)OCC(=O)NC(C)c1ccco1. The van der Waals surface area contributed by atoms with Crippen molar-refractivity contribution in [2.45, 2.75) is 26.3 Å². The quantitative estimate of drug-likeness (QED) is 0.429. The van der Waals surface area contributed by atoms with Crippen LogP contribution in [0.1, 0.15) is 30.0 Å². The summed E-state index contributed by atoms with van der Waals surface area (Å²) in [5.74, 6) is -0.239. The number of nitrogens with one attached hydrogen (secondary N) is 1. The summed E-state index contributed by atoms with van der Waals surface area (Å²) in [5.41, 5.74) is 4.38. The minimum absolute atomic E-state index is 0.0227. The van der Waals surface area contributed by atoms with Crippen LogP contribution in [0, 0.1) is 6.92 Å². The van der Waals surface area contributed by atoms with E-state index in [1.165, 1.54) is 0 Å². The third-order valence-corrected chi connectivity index (χ3v) is 5.30. The minimum atomic E-state index is -0.483. The van der Waals surface area contributed by atoms with Gasteiger partial charge in [-0.25, -0.2) is 0 Å². The van der Waals surface area contributed by atoms with Gasteiger partial charge in [0, 0.05) is 11.1 Å². The van der Waals surface area contributed by atoms with Crippen LogP contribution >= 0.6 is 0 Å². The normalized spacial score (nSPS) is 11.8.